The summed E-state index contributed by atoms with van der Waals surface area (Å²) >= 11 is 6.16. The predicted molar refractivity (Wildman–Crippen MR) is 81.1 cm³/mol. The van der Waals surface area contributed by atoms with Gasteiger partial charge in [0.25, 0.3) is 0 Å². The zero-order valence-corrected chi connectivity index (χ0v) is 12.0. The maximum atomic E-state index is 6.16. The lowest BCUT2D eigenvalue weighted by Crippen LogP contribution is -2.15. The van der Waals surface area contributed by atoms with E-state index in [2.05, 4.69) is 29.4 Å². The second-order valence-electron chi connectivity index (χ2n) is 4.31. The number of hydrogen-bond acceptors (Lipinski definition) is 3. The van der Waals surface area contributed by atoms with Gasteiger partial charge in [-0.25, -0.2) is 4.98 Å². The summed E-state index contributed by atoms with van der Waals surface area (Å²) in [5, 5.41) is 3.98. The summed E-state index contributed by atoms with van der Waals surface area (Å²) in [5.41, 5.74) is 2.17. The van der Waals surface area contributed by atoms with Crippen LogP contribution in [0.5, 0.6) is 0 Å². The molecule has 1 N–H and O–H groups in total. The molecule has 0 aliphatic carbocycles. The summed E-state index contributed by atoms with van der Waals surface area (Å²) in [7, 11) is 2.00. The summed E-state index contributed by atoms with van der Waals surface area (Å²) in [4.78, 5) is 6.44. The Balaban J connectivity index is 2.25. The fourth-order valence-corrected chi connectivity index (χ4v) is 2.00. The second kappa shape index (κ2) is 6.55. The van der Waals surface area contributed by atoms with Gasteiger partial charge in [-0.2, -0.15) is 0 Å². The van der Waals surface area contributed by atoms with Crippen LogP contribution in [0.3, 0.4) is 0 Å². The quantitative estimate of drug-likeness (QED) is 0.903. The van der Waals surface area contributed by atoms with Gasteiger partial charge < -0.3 is 10.2 Å². The van der Waals surface area contributed by atoms with E-state index in [1.54, 1.807) is 6.20 Å². The maximum absolute atomic E-state index is 6.16. The molecule has 1 aromatic carbocycles. The highest BCUT2D eigenvalue weighted by atomic mass is 35.5. The summed E-state index contributed by atoms with van der Waals surface area (Å²) in [5.74, 6) is 0.892. The van der Waals surface area contributed by atoms with E-state index in [4.69, 9.17) is 11.6 Å². The molecule has 100 valence electrons. The lowest BCUT2D eigenvalue weighted by atomic mass is 10.2. The Kier molecular flexibility index (Phi) is 4.77. The summed E-state index contributed by atoms with van der Waals surface area (Å²) in [6.07, 6.45) is 1.71. The van der Waals surface area contributed by atoms with Gasteiger partial charge in [-0.15, -0.1) is 0 Å². The minimum absolute atomic E-state index is 0.700. The van der Waals surface area contributed by atoms with Crippen molar-refractivity contribution in [1.82, 2.24) is 10.3 Å². The molecule has 0 atom stereocenters. The molecule has 0 fully saturated rings. The predicted octanol–water partition coefficient (Wildman–Crippen LogP) is 3.61. The lowest BCUT2D eigenvalue weighted by molar-refractivity contribution is 0.726. The van der Waals surface area contributed by atoms with E-state index >= 15 is 0 Å². The van der Waals surface area contributed by atoms with Crippen molar-refractivity contribution in [2.45, 2.75) is 13.5 Å². The molecule has 1 heterocycles. The average molecular weight is 276 g/mol. The zero-order chi connectivity index (χ0) is 13.7. The van der Waals surface area contributed by atoms with Gasteiger partial charge in [-0.05, 0) is 30.3 Å². The van der Waals surface area contributed by atoms with Crippen LogP contribution in [-0.2, 0) is 6.54 Å². The van der Waals surface area contributed by atoms with Crippen LogP contribution < -0.4 is 10.2 Å². The first-order chi connectivity index (χ1) is 9.22. The summed E-state index contributed by atoms with van der Waals surface area (Å²) in [6, 6.07) is 12.2. The number of nitrogens with one attached hydrogen (secondary N) is 1. The second-order valence-corrected chi connectivity index (χ2v) is 4.72. The number of anilines is 2. The fraction of sp³-hybridized carbons (Fsp3) is 0.267. The number of halogens is 1. The Morgan fingerprint density at radius 2 is 2.00 bits per heavy atom. The zero-order valence-electron chi connectivity index (χ0n) is 11.2. The van der Waals surface area contributed by atoms with Crippen LogP contribution in [0.15, 0.2) is 42.6 Å². The normalized spacial score (nSPS) is 10.5. The Hall–Kier alpha value is -1.58. The van der Waals surface area contributed by atoms with Crippen molar-refractivity contribution in [1.29, 1.82) is 0 Å². The van der Waals surface area contributed by atoms with Crippen LogP contribution in [0.2, 0.25) is 5.02 Å². The molecule has 0 saturated carbocycles. The molecule has 0 spiro atoms. The van der Waals surface area contributed by atoms with Crippen LogP contribution in [0, 0.1) is 0 Å². The number of benzene rings is 1. The van der Waals surface area contributed by atoms with Gasteiger partial charge >= 0.3 is 0 Å². The minimum Gasteiger partial charge on any atom is -0.329 e. The highest BCUT2D eigenvalue weighted by Crippen LogP contribution is 2.25. The SMILES string of the molecule is CCNCc1cc(N(C)c2ccccc2)ncc1Cl. The first-order valence-corrected chi connectivity index (χ1v) is 6.74. The van der Waals surface area contributed by atoms with E-state index in [0.29, 0.717) is 5.02 Å². The Morgan fingerprint density at radius 1 is 1.26 bits per heavy atom. The van der Waals surface area contributed by atoms with E-state index in [1.807, 2.05) is 36.2 Å². The third-order valence-corrected chi connectivity index (χ3v) is 3.31. The van der Waals surface area contributed by atoms with Crippen molar-refractivity contribution in [3.8, 4) is 0 Å². The Labute approximate surface area is 119 Å². The standard InChI is InChI=1S/C15H18ClN3/c1-3-17-10-12-9-15(18-11-14(12)16)19(2)13-7-5-4-6-8-13/h4-9,11,17H,3,10H2,1-2H3. The van der Waals surface area contributed by atoms with Crippen molar-refractivity contribution in [2.75, 3.05) is 18.5 Å². The number of rotatable bonds is 5. The summed E-state index contributed by atoms with van der Waals surface area (Å²) < 4.78 is 0. The first-order valence-electron chi connectivity index (χ1n) is 6.36. The number of aromatic nitrogens is 1. The molecule has 4 heteroatoms. The van der Waals surface area contributed by atoms with E-state index in [1.165, 1.54) is 0 Å². The molecule has 0 radical (unpaired) electrons. The van der Waals surface area contributed by atoms with Crippen molar-refractivity contribution in [3.63, 3.8) is 0 Å². The topological polar surface area (TPSA) is 28.2 Å². The molecule has 19 heavy (non-hydrogen) atoms. The van der Waals surface area contributed by atoms with E-state index in [0.717, 1.165) is 30.2 Å². The van der Waals surface area contributed by atoms with E-state index in [-0.39, 0.29) is 0 Å². The fourth-order valence-electron chi connectivity index (χ4n) is 1.83. The minimum atomic E-state index is 0.700. The molecule has 2 aromatic rings. The Morgan fingerprint density at radius 3 is 2.68 bits per heavy atom. The van der Waals surface area contributed by atoms with E-state index in [9.17, 15) is 0 Å². The molecule has 2 rings (SSSR count). The number of para-hydroxylation sites is 1. The molecular weight excluding hydrogens is 258 g/mol. The number of pyridine rings is 1. The molecule has 0 unspecified atom stereocenters. The van der Waals surface area contributed by atoms with E-state index < -0.39 is 0 Å². The average Bonchev–Trinajstić information content (AvgIpc) is 2.46. The van der Waals surface area contributed by atoms with Gasteiger partial charge in [-0.1, -0.05) is 36.7 Å². The van der Waals surface area contributed by atoms with Gasteiger partial charge in [0.1, 0.15) is 5.82 Å². The van der Waals surface area contributed by atoms with Crippen molar-refractivity contribution >= 4 is 23.1 Å². The van der Waals surface area contributed by atoms with Crippen LogP contribution in [-0.4, -0.2) is 18.6 Å². The molecule has 3 nitrogen and oxygen atoms in total. The molecular formula is C15H18ClN3. The third kappa shape index (κ3) is 3.46. The maximum Gasteiger partial charge on any atom is 0.133 e. The molecule has 1 aromatic heterocycles. The van der Waals surface area contributed by atoms with Crippen molar-refractivity contribution in [2.24, 2.45) is 0 Å². The van der Waals surface area contributed by atoms with Crippen molar-refractivity contribution < 1.29 is 0 Å². The number of hydrogen-bond donors (Lipinski definition) is 1. The molecule has 0 aliphatic heterocycles. The van der Waals surface area contributed by atoms with Crippen LogP contribution in [0.1, 0.15) is 12.5 Å². The smallest absolute Gasteiger partial charge is 0.133 e. The molecule has 0 bridgehead atoms. The highest BCUT2D eigenvalue weighted by Gasteiger charge is 2.08. The lowest BCUT2D eigenvalue weighted by Gasteiger charge is -2.19. The van der Waals surface area contributed by atoms with Crippen molar-refractivity contribution in [3.05, 3.63) is 53.2 Å². The van der Waals surface area contributed by atoms with Gasteiger partial charge in [0.2, 0.25) is 0 Å². The van der Waals surface area contributed by atoms with Crippen LogP contribution in [0.25, 0.3) is 0 Å². The molecule has 0 amide bonds. The molecule has 0 saturated heterocycles. The van der Waals surface area contributed by atoms with Crippen LogP contribution >= 0.6 is 11.6 Å². The van der Waals surface area contributed by atoms with Gasteiger partial charge in [0.15, 0.2) is 0 Å². The monoisotopic (exact) mass is 275 g/mol. The van der Waals surface area contributed by atoms with Gasteiger partial charge in [-0.3, -0.25) is 0 Å². The molecule has 0 aliphatic rings. The Bertz CT molecular complexity index is 528. The summed E-state index contributed by atoms with van der Waals surface area (Å²) in [6.45, 7) is 3.75. The largest absolute Gasteiger partial charge is 0.329 e. The highest BCUT2D eigenvalue weighted by molar-refractivity contribution is 6.31. The van der Waals surface area contributed by atoms with Gasteiger partial charge in [0, 0.05) is 25.5 Å². The first kappa shape index (κ1) is 13.8. The third-order valence-electron chi connectivity index (χ3n) is 2.97. The number of nitrogens with zero attached hydrogens (tertiary/aromatic N) is 2. The van der Waals surface area contributed by atoms with Crippen LogP contribution in [0.4, 0.5) is 11.5 Å². The van der Waals surface area contributed by atoms with Gasteiger partial charge in [0.05, 0.1) is 5.02 Å².